The molecule has 0 saturated heterocycles. The maximum absolute atomic E-state index is 5.54. The predicted octanol–water partition coefficient (Wildman–Crippen LogP) is 6.98. The highest BCUT2D eigenvalue weighted by molar-refractivity contribution is 6.07. The van der Waals surface area contributed by atoms with Crippen molar-refractivity contribution in [2.45, 2.75) is 98.5 Å². The van der Waals surface area contributed by atoms with E-state index >= 15 is 0 Å². The molecule has 0 aromatic heterocycles. The van der Waals surface area contributed by atoms with Gasteiger partial charge in [-0.05, 0) is 31.1 Å². The second-order valence-corrected chi connectivity index (χ2v) is 6.64. The minimum atomic E-state index is 0.180. The Hall–Kier alpha value is 0.250. The molecule has 0 aliphatic rings. The molecule has 20 heavy (non-hydrogen) atoms. The molecule has 0 rings (SSSR count). The Balaban J connectivity index is 4.26. The van der Waals surface area contributed by atoms with Crippen LogP contribution in [0.25, 0.3) is 0 Å². The number of hydrogen-bond acceptors (Lipinski definition) is 1. The number of halogens is 1. The summed E-state index contributed by atoms with van der Waals surface area (Å²) in [6, 6.07) is 0. The highest BCUT2D eigenvalue weighted by atomic mass is 35.5. The second-order valence-electron chi connectivity index (χ2n) is 6.47. The fourth-order valence-corrected chi connectivity index (χ4v) is 3.67. The first-order chi connectivity index (χ1) is 9.62. The largest absolute Gasteiger partial charge is 0.276 e. The zero-order chi connectivity index (χ0) is 15.4. The molecule has 0 spiro atoms. The molecule has 0 aliphatic carbocycles. The van der Waals surface area contributed by atoms with Gasteiger partial charge < -0.3 is 0 Å². The van der Waals surface area contributed by atoms with E-state index in [1.807, 2.05) is 0 Å². The van der Waals surface area contributed by atoms with E-state index in [4.69, 9.17) is 16.2 Å². The van der Waals surface area contributed by atoms with Crippen LogP contribution in [0, 0.1) is 17.8 Å². The predicted molar refractivity (Wildman–Crippen MR) is 91.1 cm³/mol. The monoisotopic (exact) mass is 304 g/mol. The molecule has 0 aromatic rings. The van der Waals surface area contributed by atoms with Crippen molar-refractivity contribution in [3.05, 3.63) is 0 Å². The molecule has 1 nitrogen and oxygen atoms in total. The van der Waals surface area contributed by atoms with Crippen molar-refractivity contribution in [1.82, 2.24) is 0 Å². The SMILES string of the molecule is CCCC(CC)CCCC(CC(C)OCl)C(CC)CC. The van der Waals surface area contributed by atoms with E-state index in [9.17, 15) is 0 Å². The van der Waals surface area contributed by atoms with Crippen molar-refractivity contribution < 1.29 is 4.29 Å². The maximum atomic E-state index is 5.54. The van der Waals surface area contributed by atoms with Crippen molar-refractivity contribution in [3.63, 3.8) is 0 Å². The standard InChI is InChI=1S/C18H37ClO/c1-6-11-16(7-2)12-10-13-18(14-15(5)20-19)17(8-3)9-4/h15-18H,6-14H2,1-5H3. The molecule has 0 saturated carbocycles. The maximum Gasteiger partial charge on any atom is 0.0765 e. The second kappa shape index (κ2) is 13.0. The quantitative estimate of drug-likeness (QED) is 0.356. The lowest BCUT2D eigenvalue weighted by atomic mass is 9.80. The van der Waals surface area contributed by atoms with Gasteiger partial charge in [0, 0.05) is 0 Å². The van der Waals surface area contributed by atoms with Gasteiger partial charge in [0.2, 0.25) is 0 Å². The molecular weight excluding hydrogens is 268 g/mol. The van der Waals surface area contributed by atoms with Crippen molar-refractivity contribution >= 4 is 11.9 Å². The lowest BCUT2D eigenvalue weighted by Crippen LogP contribution is -2.19. The third kappa shape index (κ3) is 8.52. The lowest BCUT2D eigenvalue weighted by molar-refractivity contribution is 0.159. The van der Waals surface area contributed by atoms with Crippen LogP contribution < -0.4 is 0 Å². The smallest absolute Gasteiger partial charge is 0.0765 e. The van der Waals surface area contributed by atoms with Crippen molar-refractivity contribution in [2.75, 3.05) is 0 Å². The Bertz CT molecular complexity index is 204. The van der Waals surface area contributed by atoms with Gasteiger partial charge >= 0.3 is 0 Å². The van der Waals surface area contributed by atoms with Crippen LogP contribution >= 0.6 is 11.9 Å². The Morgan fingerprint density at radius 3 is 1.95 bits per heavy atom. The molecule has 2 heteroatoms. The highest BCUT2D eigenvalue weighted by Crippen LogP contribution is 2.31. The summed E-state index contributed by atoms with van der Waals surface area (Å²) < 4.78 is 4.98. The molecular formula is C18H37ClO. The minimum absolute atomic E-state index is 0.180. The van der Waals surface area contributed by atoms with Crippen LogP contribution in [-0.2, 0) is 4.29 Å². The van der Waals surface area contributed by atoms with Gasteiger partial charge in [-0.1, -0.05) is 79.1 Å². The first kappa shape index (κ1) is 20.2. The summed E-state index contributed by atoms with van der Waals surface area (Å²) in [5.41, 5.74) is 0. The summed E-state index contributed by atoms with van der Waals surface area (Å²) in [5.74, 6) is 2.54. The fourth-order valence-electron chi connectivity index (χ4n) is 3.59. The summed E-state index contributed by atoms with van der Waals surface area (Å²) in [6.07, 6.45) is 12.0. The summed E-state index contributed by atoms with van der Waals surface area (Å²) in [7, 11) is 0. The van der Waals surface area contributed by atoms with Gasteiger partial charge in [-0.3, -0.25) is 4.29 Å². The summed E-state index contributed by atoms with van der Waals surface area (Å²) in [4.78, 5) is 0. The Morgan fingerprint density at radius 1 is 0.850 bits per heavy atom. The zero-order valence-corrected chi connectivity index (χ0v) is 15.2. The van der Waals surface area contributed by atoms with Crippen LogP contribution in [0.4, 0.5) is 0 Å². The zero-order valence-electron chi connectivity index (χ0n) is 14.5. The van der Waals surface area contributed by atoms with E-state index in [2.05, 4.69) is 34.6 Å². The van der Waals surface area contributed by atoms with E-state index in [-0.39, 0.29) is 6.10 Å². The van der Waals surface area contributed by atoms with Gasteiger partial charge in [0.15, 0.2) is 0 Å². The van der Waals surface area contributed by atoms with Crippen molar-refractivity contribution in [1.29, 1.82) is 0 Å². The fraction of sp³-hybridized carbons (Fsp3) is 1.00. The van der Waals surface area contributed by atoms with Gasteiger partial charge in [-0.15, -0.1) is 0 Å². The summed E-state index contributed by atoms with van der Waals surface area (Å²) in [5, 5.41) is 0. The molecule has 0 aromatic carbocycles. The molecule has 0 fully saturated rings. The molecule has 0 radical (unpaired) electrons. The lowest BCUT2D eigenvalue weighted by Gasteiger charge is -2.27. The Kier molecular flexibility index (Phi) is 13.1. The van der Waals surface area contributed by atoms with Gasteiger partial charge in [-0.2, -0.15) is 0 Å². The first-order valence-corrected chi connectivity index (χ1v) is 9.20. The Labute approximate surface area is 133 Å². The topological polar surface area (TPSA) is 9.23 Å². The van der Waals surface area contributed by atoms with E-state index in [0.717, 1.165) is 24.2 Å². The molecule has 3 unspecified atom stereocenters. The van der Waals surface area contributed by atoms with Crippen LogP contribution in [0.5, 0.6) is 0 Å². The number of hydrogen-bond donors (Lipinski definition) is 0. The average Bonchev–Trinajstić information content (AvgIpc) is 2.46. The summed E-state index contributed by atoms with van der Waals surface area (Å²) >= 11 is 5.54. The van der Waals surface area contributed by atoms with Crippen LogP contribution in [0.15, 0.2) is 0 Å². The van der Waals surface area contributed by atoms with Gasteiger partial charge in [0.25, 0.3) is 0 Å². The minimum Gasteiger partial charge on any atom is -0.276 e. The Morgan fingerprint density at radius 2 is 1.50 bits per heavy atom. The third-order valence-corrected chi connectivity index (χ3v) is 5.27. The third-order valence-electron chi connectivity index (χ3n) is 4.96. The van der Waals surface area contributed by atoms with E-state index in [1.165, 1.54) is 51.4 Å². The van der Waals surface area contributed by atoms with Crippen LogP contribution in [0.2, 0.25) is 0 Å². The average molecular weight is 305 g/mol. The van der Waals surface area contributed by atoms with Gasteiger partial charge in [0.1, 0.15) is 0 Å². The van der Waals surface area contributed by atoms with Crippen LogP contribution in [0.3, 0.4) is 0 Å². The van der Waals surface area contributed by atoms with E-state index < -0.39 is 0 Å². The van der Waals surface area contributed by atoms with Crippen molar-refractivity contribution in [2.24, 2.45) is 17.8 Å². The first-order valence-electron chi connectivity index (χ1n) is 8.90. The molecule has 0 bridgehead atoms. The van der Waals surface area contributed by atoms with Gasteiger partial charge in [-0.25, -0.2) is 0 Å². The molecule has 122 valence electrons. The molecule has 0 N–H and O–H groups in total. The summed E-state index contributed by atoms with van der Waals surface area (Å²) in [6.45, 7) is 11.4. The van der Waals surface area contributed by atoms with Crippen LogP contribution in [-0.4, -0.2) is 6.10 Å². The van der Waals surface area contributed by atoms with E-state index in [1.54, 1.807) is 0 Å². The van der Waals surface area contributed by atoms with Gasteiger partial charge in [0.05, 0.1) is 18.0 Å². The van der Waals surface area contributed by atoms with Crippen molar-refractivity contribution in [3.8, 4) is 0 Å². The highest BCUT2D eigenvalue weighted by Gasteiger charge is 2.21. The van der Waals surface area contributed by atoms with E-state index in [0.29, 0.717) is 0 Å². The molecule has 0 amide bonds. The molecule has 0 heterocycles. The number of rotatable bonds is 13. The van der Waals surface area contributed by atoms with Crippen LogP contribution in [0.1, 0.15) is 92.4 Å². The normalized spacial score (nSPS) is 16.4. The molecule has 0 aliphatic heterocycles. The molecule has 3 atom stereocenters.